The number of amides is 1. The van der Waals surface area contributed by atoms with Crippen molar-refractivity contribution in [2.24, 2.45) is 0 Å². The fourth-order valence-electron chi connectivity index (χ4n) is 3.58. The number of likely N-dealkylation sites (tertiary alicyclic amines) is 1. The molecule has 1 N–H and O–H groups in total. The molecule has 1 fully saturated rings. The van der Waals surface area contributed by atoms with Gasteiger partial charge in [0, 0.05) is 19.8 Å². The van der Waals surface area contributed by atoms with Crippen molar-refractivity contribution >= 4 is 22.8 Å². The van der Waals surface area contributed by atoms with Gasteiger partial charge in [-0.2, -0.15) is 0 Å². The lowest BCUT2D eigenvalue weighted by Gasteiger charge is -2.25. The molecule has 6 nitrogen and oxygen atoms in total. The Kier molecular flexibility index (Phi) is 4.09. The maximum Gasteiger partial charge on any atom is 0.243 e. The molecule has 0 aliphatic carbocycles. The third kappa shape index (κ3) is 2.95. The highest BCUT2D eigenvalue weighted by Gasteiger charge is 2.30. The minimum absolute atomic E-state index is 0.123. The fourth-order valence-corrected chi connectivity index (χ4v) is 3.58. The van der Waals surface area contributed by atoms with Crippen molar-refractivity contribution in [3.8, 4) is 0 Å². The zero-order chi connectivity index (χ0) is 17.2. The molecule has 1 atom stereocenters. The third-order valence-electron chi connectivity index (χ3n) is 4.83. The minimum Gasteiger partial charge on any atom is -0.373 e. The second-order valence-corrected chi connectivity index (χ2v) is 6.33. The summed E-state index contributed by atoms with van der Waals surface area (Å²) in [5.74, 6) is 0.964. The van der Waals surface area contributed by atoms with Gasteiger partial charge >= 0.3 is 0 Å². The Morgan fingerprint density at radius 1 is 1.28 bits per heavy atom. The molecule has 2 aromatic heterocycles. The van der Waals surface area contributed by atoms with E-state index in [1.54, 1.807) is 12.5 Å². The Morgan fingerprint density at radius 3 is 3.04 bits per heavy atom. The molecule has 4 rings (SSSR count). The summed E-state index contributed by atoms with van der Waals surface area (Å²) in [6.07, 6.45) is 5.56. The average Bonchev–Trinajstić information content (AvgIpc) is 3.29. The minimum atomic E-state index is 0.123. The van der Waals surface area contributed by atoms with Gasteiger partial charge in [0.25, 0.3) is 0 Å². The van der Waals surface area contributed by atoms with Crippen LogP contribution in [0.4, 0.5) is 5.82 Å². The number of carbonyl (C=O) groups excluding carboxylic acids is 1. The van der Waals surface area contributed by atoms with Gasteiger partial charge in [-0.05, 0) is 42.7 Å². The van der Waals surface area contributed by atoms with Gasteiger partial charge in [-0.15, -0.1) is 0 Å². The summed E-state index contributed by atoms with van der Waals surface area (Å²) in [5, 5.41) is 3.06. The number of nitrogens with zero attached hydrogens (tertiary/aromatic N) is 4. The predicted octanol–water partition coefficient (Wildman–Crippen LogP) is 2.84. The van der Waals surface area contributed by atoms with Crippen molar-refractivity contribution in [1.82, 2.24) is 19.4 Å². The molecule has 1 aliphatic rings. The molecule has 1 saturated heterocycles. The first-order valence-corrected chi connectivity index (χ1v) is 8.59. The van der Waals surface area contributed by atoms with Crippen LogP contribution in [0.15, 0.2) is 48.9 Å². The Hall–Kier alpha value is -2.89. The van der Waals surface area contributed by atoms with E-state index in [1.807, 2.05) is 52.9 Å². The number of para-hydroxylation sites is 2. The van der Waals surface area contributed by atoms with Gasteiger partial charge in [0.05, 0.1) is 23.4 Å². The van der Waals surface area contributed by atoms with Gasteiger partial charge in [-0.3, -0.25) is 4.79 Å². The summed E-state index contributed by atoms with van der Waals surface area (Å²) in [6, 6.07) is 12.1. The SMILES string of the molecule is CNc1cc([C@H]2CCCN2C(=O)Cn2cnc3ccccc32)ccn1. The predicted molar refractivity (Wildman–Crippen MR) is 97.2 cm³/mol. The van der Waals surface area contributed by atoms with Gasteiger partial charge in [-0.25, -0.2) is 9.97 Å². The van der Waals surface area contributed by atoms with E-state index in [2.05, 4.69) is 15.3 Å². The zero-order valence-corrected chi connectivity index (χ0v) is 14.2. The lowest BCUT2D eigenvalue weighted by Crippen LogP contribution is -2.33. The number of carbonyl (C=O) groups is 1. The van der Waals surface area contributed by atoms with E-state index < -0.39 is 0 Å². The van der Waals surface area contributed by atoms with Gasteiger partial charge < -0.3 is 14.8 Å². The van der Waals surface area contributed by atoms with Gasteiger partial charge in [0.1, 0.15) is 12.4 Å². The molecule has 6 heteroatoms. The van der Waals surface area contributed by atoms with Gasteiger partial charge in [0.2, 0.25) is 5.91 Å². The molecular weight excluding hydrogens is 314 g/mol. The van der Waals surface area contributed by atoms with Crippen LogP contribution in [-0.4, -0.2) is 38.9 Å². The van der Waals surface area contributed by atoms with Crippen molar-refractivity contribution in [2.45, 2.75) is 25.4 Å². The number of hydrogen-bond acceptors (Lipinski definition) is 4. The highest BCUT2D eigenvalue weighted by Crippen LogP contribution is 2.32. The van der Waals surface area contributed by atoms with Crippen LogP contribution >= 0.6 is 0 Å². The summed E-state index contributed by atoms with van der Waals surface area (Å²) < 4.78 is 1.93. The van der Waals surface area contributed by atoms with Crippen LogP contribution in [0.2, 0.25) is 0 Å². The largest absolute Gasteiger partial charge is 0.373 e. The van der Waals surface area contributed by atoms with E-state index in [-0.39, 0.29) is 11.9 Å². The lowest BCUT2D eigenvalue weighted by atomic mass is 10.1. The smallest absolute Gasteiger partial charge is 0.243 e. The van der Waals surface area contributed by atoms with Crippen LogP contribution in [0.5, 0.6) is 0 Å². The quantitative estimate of drug-likeness (QED) is 0.796. The number of pyridine rings is 1. The van der Waals surface area contributed by atoms with Crippen LogP contribution in [0.3, 0.4) is 0 Å². The first kappa shape index (κ1) is 15.6. The standard InChI is InChI=1S/C19H21N5O/c1-20-18-11-14(8-9-21-18)16-7-4-10-24(16)19(25)12-23-13-22-15-5-2-3-6-17(15)23/h2-3,5-6,8-9,11,13,16H,4,7,10,12H2,1H3,(H,20,21)/t16-/m1/s1. The van der Waals surface area contributed by atoms with Crippen molar-refractivity contribution in [3.63, 3.8) is 0 Å². The molecule has 3 aromatic rings. The number of anilines is 1. The normalized spacial score (nSPS) is 17.2. The average molecular weight is 335 g/mol. The zero-order valence-electron chi connectivity index (χ0n) is 14.2. The molecule has 0 saturated carbocycles. The Morgan fingerprint density at radius 2 is 2.16 bits per heavy atom. The monoisotopic (exact) mass is 335 g/mol. The third-order valence-corrected chi connectivity index (χ3v) is 4.83. The second-order valence-electron chi connectivity index (χ2n) is 6.33. The van der Waals surface area contributed by atoms with Crippen LogP contribution in [0.1, 0.15) is 24.4 Å². The molecule has 0 unspecified atom stereocenters. The number of nitrogens with one attached hydrogen (secondary N) is 1. The number of rotatable bonds is 4. The van der Waals surface area contributed by atoms with Crippen molar-refractivity contribution in [2.75, 3.05) is 18.9 Å². The molecule has 0 spiro atoms. The molecule has 0 radical (unpaired) electrons. The molecule has 25 heavy (non-hydrogen) atoms. The molecule has 1 aliphatic heterocycles. The first-order chi connectivity index (χ1) is 12.3. The van der Waals surface area contributed by atoms with Crippen LogP contribution in [-0.2, 0) is 11.3 Å². The highest BCUT2D eigenvalue weighted by atomic mass is 16.2. The molecular formula is C19H21N5O. The summed E-state index contributed by atoms with van der Waals surface area (Å²) in [4.78, 5) is 23.6. The van der Waals surface area contributed by atoms with Crippen LogP contribution < -0.4 is 5.32 Å². The van der Waals surface area contributed by atoms with Crippen molar-refractivity contribution in [3.05, 3.63) is 54.5 Å². The van der Waals surface area contributed by atoms with Gasteiger partial charge in [0.15, 0.2) is 0 Å². The fraction of sp³-hybridized carbons (Fsp3) is 0.316. The highest BCUT2D eigenvalue weighted by molar-refractivity contribution is 5.81. The Balaban J connectivity index is 1.56. The maximum atomic E-state index is 12.9. The summed E-state index contributed by atoms with van der Waals surface area (Å²) >= 11 is 0. The Bertz CT molecular complexity index is 903. The molecule has 128 valence electrons. The van der Waals surface area contributed by atoms with Crippen molar-refractivity contribution in [1.29, 1.82) is 0 Å². The van der Waals surface area contributed by atoms with E-state index >= 15 is 0 Å². The number of fused-ring (bicyclic) bond motifs is 1. The maximum absolute atomic E-state index is 12.9. The number of benzene rings is 1. The van der Waals surface area contributed by atoms with E-state index in [0.29, 0.717) is 6.54 Å². The summed E-state index contributed by atoms with van der Waals surface area (Å²) in [6.45, 7) is 1.12. The number of aromatic nitrogens is 3. The van der Waals surface area contributed by atoms with Gasteiger partial charge in [-0.1, -0.05) is 12.1 Å². The number of imidazole rings is 1. The van der Waals surface area contributed by atoms with E-state index in [4.69, 9.17) is 0 Å². The van der Waals surface area contributed by atoms with E-state index in [9.17, 15) is 4.79 Å². The summed E-state index contributed by atoms with van der Waals surface area (Å²) in [7, 11) is 1.85. The lowest BCUT2D eigenvalue weighted by molar-refractivity contribution is -0.132. The number of hydrogen-bond donors (Lipinski definition) is 1. The van der Waals surface area contributed by atoms with Crippen molar-refractivity contribution < 1.29 is 4.79 Å². The molecule has 0 bridgehead atoms. The topological polar surface area (TPSA) is 63.1 Å². The first-order valence-electron chi connectivity index (χ1n) is 8.59. The Labute approximate surface area is 146 Å². The second kappa shape index (κ2) is 6.55. The van der Waals surface area contributed by atoms with Crippen LogP contribution in [0.25, 0.3) is 11.0 Å². The molecule has 1 amide bonds. The summed E-state index contributed by atoms with van der Waals surface area (Å²) in [5.41, 5.74) is 3.05. The van der Waals surface area contributed by atoms with E-state index in [1.165, 1.54) is 0 Å². The van der Waals surface area contributed by atoms with E-state index in [0.717, 1.165) is 41.8 Å². The van der Waals surface area contributed by atoms with Crippen LogP contribution in [0, 0.1) is 0 Å². The molecule has 3 heterocycles. The molecule has 1 aromatic carbocycles.